The summed E-state index contributed by atoms with van der Waals surface area (Å²) in [6, 6.07) is 4.80. The molecule has 1 aromatic heterocycles. The smallest absolute Gasteiger partial charge is 0.220 e. The lowest BCUT2D eigenvalue weighted by molar-refractivity contribution is -0.124. The highest BCUT2D eigenvalue weighted by molar-refractivity contribution is 5.77. The van der Waals surface area contributed by atoms with Crippen molar-refractivity contribution >= 4 is 11.7 Å². The minimum Gasteiger partial charge on any atom is -0.356 e. The van der Waals surface area contributed by atoms with Gasteiger partial charge in [-0.05, 0) is 38.8 Å². The Labute approximate surface area is 126 Å². The van der Waals surface area contributed by atoms with E-state index in [1.807, 2.05) is 19.3 Å². The maximum atomic E-state index is 11.5. The molecule has 3 rings (SSSR count). The molecule has 2 fully saturated rings. The Morgan fingerprint density at radius 2 is 2.33 bits per heavy atom. The molecule has 5 heteroatoms. The van der Waals surface area contributed by atoms with Gasteiger partial charge in [0.05, 0.1) is 0 Å². The van der Waals surface area contributed by atoms with Crippen LogP contribution in [0.4, 0.5) is 5.82 Å². The first-order valence-electron chi connectivity index (χ1n) is 7.85. The maximum absolute atomic E-state index is 11.5. The van der Waals surface area contributed by atoms with E-state index in [0.29, 0.717) is 18.4 Å². The van der Waals surface area contributed by atoms with E-state index in [1.54, 1.807) is 0 Å². The van der Waals surface area contributed by atoms with E-state index in [-0.39, 0.29) is 11.9 Å². The van der Waals surface area contributed by atoms with Crippen LogP contribution in [0.3, 0.4) is 0 Å². The molecule has 1 amide bonds. The van der Waals surface area contributed by atoms with Crippen molar-refractivity contribution in [3.63, 3.8) is 0 Å². The van der Waals surface area contributed by atoms with Crippen LogP contribution in [-0.4, -0.2) is 37.1 Å². The Morgan fingerprint density at radius 3 is 3.14 bits per heavy atom. The lowest BCUT2D eigenvalue weighted by Gasteiger charge is -2.42. The number of nitrogens with zero attached hydrogens (tertiary/aromatic N) is 2. The summed E-state index contributed by atoms with van der Waals surface area (Å²) in [5.41, 5.74) is 1.25. The van der Waals surface area contributed by atoms with Crippen molar-refractivity contribution in [2.24, 2.45) is 5.92 Å². The van der Waals surface area contributed by atoms with E-state index in [0.717, 1.165) is 31.7 Å². The largest absolute Gasteiger partial charge is 0.356 e. The van der Waals surface area contributed by atoms with Crippen LogP contribution in [0.15, 0.2) is 18.3 Å². The van der Waals surface area contributed by atoms with Crippen LogP contribution >= 0.6 is 0 Å². The summed E-state index contributed by atoms with van der Waals surface area (Å²) in [5, 5.41) is 6.44. The van der Waals surface area contributed by atoms with Gasteiger partial charge in [-0.15, -0.1) is 0 Å². The Balaban J connectivity index is 1.78. The fraction of sp³-hybridized carbons (Fsp3) is 0.625. The molecule has 0 bridgehead atoms. The van der Waals surface area contributed by atoms with Gasteiger partial charge in [-0.3, -0.25) is 4.79 Å². The van der Waals surface area contributed by atoms with Crippen molar-refractivity contribution < 1.29 is 4.79 Å². The Morgan fingerprint density at radius 1 is 1.48 bits per heavy atom. The zero-order valence-corrected chi connectivity index (χ0v) is 12.8. The number of piperidine rings is 2. The number of pyridine rings is 1. The number of rotatable bonds is 3. The van der Waals surface area contributed by atoms with Gasteiger partial charge in [-0.1, -0.05) is 6.07 Å². The molecule has 3 unspecified atom stereocenters. The van der Waals surface area contributed by atoms with Crippen LogP contribution < -0.4 is 15.5 Å². The molecule has 5 nitrogen and oxygen atoms in total. The van der Waals surface area contributed by atoms with Crippen LogP contribution in [0.5, 0.6) is 0 Å². The van der Waals surface area contributed by atoms with Crippen LogP contribution in [0.25, 0.3) is 0 Å². The number of aromatic nitrogens is 1. The van der Waals surface area contributed by atoms with Crippen molar-refractivity contribution in [3.05, 3.63) is 23.9 Å². The quantitative estimate of drug-likeness (QED) is 0.884. The molecule has 0 aromatic carbocycles. The molecule has 2 saturated heterocycles. The zero-order chi connectivity index (χ0) is 14.8. The number of anilines is 1. The minimum atomic E-state index is 0.215. The second-order valence-corrected chi connectivity index (χ2v) is 6.13. The summed E-state index contributed by atoms with van der Waals surface area (Å²) < 4.78 is 0. The van der Waals surface area contributed by atoms with E-state index >= 15 is 0 Å². The van der Waals surface area contributed by atoms with E-state index in [9.17, 15) is 4.79 Å². The van der Waals surface area contributed by atoms with Gasteiger partial charge in [0.25, 0.3) is 0 Å². The highest BCUT2D eigenvalue weighted by atomic mass is 16.1. The van der Waals surface area contributed by atoms with Crippen LogP contribution in [0, 0.1) is 5.92 Å². The third-order valence-electron chi connectivity index (χ3n) is 4.84. The van der Waals surface area contributed by atoms with Gasteiger partial charge >= 0.3 is 0 Å². The molecular formula is C16H24N4O. The van der Waals surface area contributed by atoms with Gasteiger partial charge < -0.3 is 15.5 Å². The highest BCUT2D eigenvalue weighted by Gasteiger charge is 2.34. The summed E-state index contributed by atoms with van der Waals surface area (Å²) >= 11 is 0. The van der Waals surface area contributed by atoms with Gasteiger partial charge in [0, 0.05) is 43.4 Å². The molecular weight excluding hydrogens is 264 g/mol. The minimum absolute atomic E-state index is 0.215. The number of amides is 1. The predicted octanol–water partition coefficient (Wildman–Crippen LogP) is 1.47. The number of fused-ring (bicyclic) bond motifs is 1. The second-order valence-electron chi connectivity index (χ2n) is 6.13. The molecule has 0 radical (unpaired) electrons. The number of hydrogen-bond donors (Lipinski definition) is 2. The third kappa shape index (κ3) is 2.88. The molecule has 0 aliphatic carbocycles. The van der Waals surface area contributed by atoms with Crippen LogP contribution in [-0.2, 0) is 4.79 Å². The number of carbonyl (C=O) groups excluding carboxylic acids is 1. The van der Waals surface area contributed by atoms with Crippen molar-refractivity contribution in [2.45, 2.75) is 38.3 Å². The molecule has 2 aliphatic rings. The summed E-state index contributed by atoms with van der Waals surface area (Å²) in [5.74, 6) is 1.86. The maximum Gasteiger partial charge on any atom is 0.220 e. The molecule has 0 saturated carbocycles. The highest BCUT2D eigenvalue weighted by Crippen LogP contribution is 2.31. The molecule has 3 atom stereocenters. The van der Waals surface area contributed by atoms with Gasteiger partial charge in [0.1, 0.15) is 5.82 Å². The predicted molar refractivity (Wildman–Crippen MR) is 83.2 cm³/mol. The Hall–Kier alpha value is -1.62. The zero-order valence-electron chi connectivity index (χ0n) is 12.8. The molecule has 2 aliphatic heterocycles. The first-order chi connectivity index (χ1) is 10.2. The second kappa shape index (κ2) is 6.02. The van der Waals surface area contributed by atoms with Crippen molar-refractivity contribution in [2.75, 3.05) is 25.0 Å². The standard InChI is InChI=1S/C16H24N4O/c1-11(17-2)13-4-3-8-18-16(13)20-9-7-14-12(10-20)5-6-15(21)19-14/h3-4,8,11-12,14,17H,5-7,9-10H2,1-2H3,(H,19,21). The van der Waals surface area contributed by atoms with E-state index in [1.165, 1.54) is 5.56 Å². The fourth-order valence-electron chi connectivity index (χ4n) is 3.47. The molecule has 114 valence electrons. The molecule has 3 heterocycles. The van der Waals surface area contributed by atoms with Gasteiger partial charge in [-0.25, -0.2) is 4.98 Å². The number of carbonyl (C=O) groups is 1. The molecule has 2 N–H and O–H groups in total. The molecule has 1 aromatic rings. The van der Waals surface area contributed by atoms with Crippen molar-refractivity contribution in [1.82, 2.24) is 15.6 Å². The first kappa shape index (κ1) is 14.3. The average molecular weight is 288 g/mol. The monoisotopic (exact) mass is 288 g/mol. The van der Waals surface area contributed by atoms with E-state index in [4.69, 9.17) is 0 Å². The average Bonchev–Trinajstić information content (AvgIpc) is 2.53. The SMILES string of the molecule is CNC(C)c1cccnc1N1CCC2NC(=O)CCC2C1. The summed E-state index contributed by atoms with van der Waals surface area (Å²) in [6.07, 6.45) is 4.55. The fourth-order valence-corrected chi connectivity index (χ4v) is 3.47. The van der Waals surface area contributed by atoms with Crippen molar-refractivity contribution in [3.8, 4) is 0 Å². The lowest BCUT2D eigenvalue weighted by Crippen LogP contribution is -2.54. The van der Waals surface area contributed by atoms with E-state index in [2.05, 4.69) is 33.5 Å². The summed E-state index contributed by atoms with van der Waals surface area (Å²) in [4.78, 5) is 18.5. The Kier molecular flexibility index (Phi) is 4.10. The number of nitrogens with one attached hydrogen (secondary N) is 2. The Bertz CT molecular complexity index is 519. The normalized spacial score (nSPS) is 27.0. The summed E-state index contributed by atoms with van der Waals surface area (Å²) in [6.45, 7) is 4.11. The van der Waals surface area contributed by atoms with Gasteiger partial charge in [-0.2, -0.15) is 0 Å². The first-order valence-corrected chi connectivity index (χ1v) is 7.85. The summed E-state index contributed by atoms with van der Waals surface area (Å²) in [7, 11) is 1.98. The topological polar surface area (TPSA) is 57.3 Å². The molecule has 0 spiro atoms. The van der Waals surface area contributed by atoms with E-state index < -0.39 is 0 Å². The third-order valence-corrected chi connectivity index (χ3v) is 4.84. The van der Waals surface area contributed by atoms with Crippen molar-refractivity contribution in [1.29, 1.82) is 0 Å². The van der Waals surface area contributed by atoms with Crippen LogP contribution in [0.2, 0.25) is 0 Å². The van der Waals surface area contributed by atoms with Crippen LogP contribution in [0.1, 0.15) is 37.8 Å². The number of hydrogen-bond acceptors (Lipinski definition) is 4. The van der Waals surface area contributed by atoms with Gasteiger partial charge in [0.15, 0.2) is 0 Å². The lowest BCUT2D eigenvalue weighted by atomic mass is 9.85. The van der Waals surface area contributed by atoms with Gasteiger partial charge in [0.2, 0.25) is 5.91 Å². The molecule has 21 heavy (non-hydrogen) atoms.